The third kappa shape index (κ3) is 4.37. The van der Waals surface area contributed by atoms with E-state index in [2.05, 4.69) is 10.3 Å². The Morgan fingerprint density at radius 2 is 2.10 bits per heavy atom. The van der Waals surface area contributed by atoms with Gasteiger partial charge in [-0.3, -0.25) is 4.79 Å². The number of hydrogen-bond acceptors (Lipinski definition) is 5. The van der Waals surface area contributed by atoms with E-state index in [0.717, 1.165) is 48.6 Å². The van der Waals surface area contributed by atoms with E-state index >= 15 is 0 Å². The van der Waals surface area contributed by atoms with Gasteiger partial charge in [-0.1, -0.05) is 42.0 Å². The first kappa shape index (κ1) is 15.7. The summed E-state index contributed by atoms with van der Waals surface area (Å²) in [7, 11) is 0. The molecule has 1 aromatic carbocycles. The van der Waals surface area contributed by atoms with Crippen LogP contribution >= 0.6 is 11.3 Å². The van der Waals surface area contributed by atoms with E-state index < -0.39 is 0 Å². The fourth-order valence-corrected chi connectivity index (χ4v) is 2.86. The molecule has 0 unspecified atom stereocenters. The second-order valence-corrected chi connectivity index (χ2v) is 5.98. The zero-order valence-corrected chi connectivity index (χ0v) is 13.1. The lowest BCUT2D eigenvalue weighted by molar-refractivity contribution is 0.104. The van der Waals surface area contributed by atoms with E-state index in [1.165, 1.54) is 11.3 Å². The number of carbonyl (C=O) groups is 1. The predicted molar refractivity (Wildman–Crippen MR) is 88.1 cm³/mol. The number of nitrogens with one attached hydrogen (secondary N) is 1. The van der Waals surface area contributed by atoms with Crippen molar-refractivity contribution < 1.29 is 4.79 Å². The van der Waals surface area contributed by atoms with Gasteiger partial charge < -0.3 is 11.1 Å². The number of benzene rings is 1. The van der Waals surface area contributed by atoms with Gasteiger partial charge in [-0.2, -0.15) is 0 Å². The summed E-state index contributed by atoms with van der Waals surface area (Å²) in [5.41, 5.74) is 7.20. The van der Waals surface area contributed by atoms with Gasteiger partial charge in [0.1, 0.15) is 0 Å². The highest BCUT2D eigenvalue weighted by Crippen LogP contribution is 2.22. The van der Waals surface area contributed by atoms with Crippen molar-refractivity contribution in [3.63, 3.8) is 0 Å². The molecule has 112 valence electrons. The summed E-state index contributed by atoms with van der Waals surface area (Å²) in [6.45, 7) is 3.56. The number of rotatable bonds is 8. The topological polar surface area (TPSA) is 68.0 Å². The maximum absolute atomic E-state index is 12.4. The third-order valence-corrected chi connectivity index (χ3v) is 4.23. The maximum atomic E-state index is 12.4. The van der Waals surface area contributed by atoms with E-state index in [1.807, 2.05) is 31.2 Å². The highest BCUT2D eigenvalue weighted by atomic mass is 32.1. The number of aromatic nitrogens is 1. The smallest absolute Gasteiger partial charge is 0.204 e. The van der Waals surface area contributed by atoms with Crippen molar-refractivity contribution >= 4 is 22.3 Å². The Balaban J connectivity index is 1.93. The van der Waals surface area contributed by atoms with Gasteiger partial charge in [0, 0.05) is 12.1 Å². The molecule has 1 heterocycles. The molecule has 0 bridgehead atoms. The highest BCUT2D eigenvalue weighted by molar-refractivity contribution is 7.17. The minimum Gasteiger partial charge on any atom is -0.362 e. The van der Waals surface area contributed by atoms with E-state index in [-0.39, 0.29) is 5.78 Å². The SMILES string of the molecule is Cc1ccccc1C(=O)c1cnc(NCCCCCN)s1. The molecule has 0 atom stereocenters. The summed E-state index contributed by atoms with van der Waals surface area (Å²) in [5, 5.41) is 4.06. The summed E-state index contributed by atoms with van der Waals surface area (Å²) in [4.78, 5) is 17.4. The number of nitrogens with two attached hydrogens (primary N) is 1. The van der Waals surface area contributed by atoms with E-state index in [1.54, 1.807) is 6.20 Å². The predicted octanol–water partition coefficient (Wildman–Crippen LogP) is 3.22. The Morgan fingerprint density at radius 3 is 2.86 bits per heavy atom. The van der Waals surface area contributed by atoms with Gasteiger partial charge in [0.2, 0.25) is 5.78 Å². The quantitative estimate of drug-likeness (QED) is 0.580. The van der Waals surface area contributed by atoms with Crippen LogP contribution in [0.5, 0.6) is 0 Å². The van der Waals surface area contributed by atoms with Gasteiger partial charge in [0.15, 0.2) is 5.13 Å². The first-order valence-corrected chi connectivity index (χ1v) is 8.04. The third-order valence-electron chi connectivity index (χ3n) is 3.28. The van der Waals surface area contributed by atoms with Crippen molar-refractivity contribution in [1.29, 1.82) is 0 Å². The Kier molecular flexibility index (Phi) is 5.90. The number of hydrogen-bond donors (Lipinski definition) is 2. The first-order chi connectivity index (χ1) is 10.2. The summed E-state index contributed by atoms with van der Waals surface area (Å²) >= 11 is 1.41. The van der Waals surface area contributed by atoms with E-state index in [0.29, 0.717) is 4.88 Å². The molecule has 0 saturated heterocycles. The first-order valence-electron chi connectivity index (χ1n) is 7.22. The average molecular weight is 303 g/mol. The molecular formula is C16H21N3OS. The lowest BCUT2D eigenvalue weighted by Crippen LogP contribution is -2.03. The molecule has 0 aliphatic carbocycles. The standard InChI is InChI=1S/C16H21N3OS/c1-12-7-3-4-8-13(12)15(20)14-11-19-16(21-14)18-10-6-2-5-9-17/h3-4,7-8,11H,2,5-6,9-10,17H2,1H3,(H,18,19). The molecule has 4 nitrogen and oxygen atoms in total. The van der Waals surface area contributed by atoms with Crippen LogP contribution in [0.25, 0.3) is 0 Å². The molecule has 5 heteroatoms. The van der Waals surface area contributed by atoms with Crippen molar-refractivity contribution in [3.8, 4) is 0 Å². The maximum Gasteiger partial charge on any atom is 0.204 e. The Morgan fingerprint density at radius 1 is 1.29 bits per heavy atom. The van der Waals surface area contributed by atoms with E-state index in [4.69, 9.17) is 5.73 Å². The Labute approximate surface area is 129 Å². The van der Waals surface area contributed by atoms with Crippen LogP contribution in [0.1, 0.15) is 40.1 Å². The summed E-state index contributed by atoms with van der Waals surface area (Å²) in [6, 6.07) is 7.63. The summed E-state index contributed by atoms with van der Waals surface area (Å²) in [5.74, 6) is 0.0433. The molecule has 0 fully saturated rings. The van der Waals surface area contributed by atoms with Crippen molar-refractivity contribution in [2.45, 2.75) is 26.2 Å². The molecule has 21 heavy (non-hydrogen) atoms. The molecule has 0 spiro atoms. The van der Waals surface area contributed by atoms with Gasteiger partial charge in [-0.15, -0.1) is 0 Å². The van der Waals surface area contributed by atoms with Gasteiger partial charge in [0.05, 0.1) is 11.1 Å². The van der Waals surface area contributed by atoms with Crippen LogP contribution < -0.4 is 11.1 Å². The normalized spacial score (nSPS) is 10.6. The number of anilines is 1. The van der Waals surface area contributed by atoms with Crippen LogP contribution in [0.15, 0.2) is 30.5 Å². The van der Waals surface area contributed by atoms with Gasteiger partial charge >= 0.3 is 0 Å². The Bertz CT molecular complexity index is 595. The molecule has 0 radical (unpaired) electrons. The Hall–Kier alpha value is -1.72. The minimum absolute atomic E-state index is 0.0433. The minimum atomic E-state index is 0.0433. The molecule has 2 aromatic rings. The molecule has 0 saturated carbocycles. The van der Waals surface area contributed by atoms with Crippen LogP contribution in [-0.2, 0) is 0 Å². The number of ketones is 1. The molecule has 0 aliphatic heterocycles. The van der Waals surface area contributed by atoms with Crippen LogP contribution in [0.2, 0.25) is 0 Å². The molecule has 3 N–H and O–H groups in total. The lowest BCUT2D eigenvalue weighted by Gasteiger charge is -2.02. The number of carbonyl (C=O) groups excluding carboxylic acids is 1. The molecule has 2 rings (SSSR count). The van der Waals surface area contributed by atoms with Crippen LogP contribution in [-0.4, -0.2) is 23.9 Å². The van der Waals surface area contributed by atoms with E-state index in [9.17, 15) is 4.79 Å². The number of unbranched alkanes of at least 4 members (excludes halogenated alkanes) is 2. The van der Waals surface area contributed by atoms with Crippen LogP contribution in [0.3, 0.4) is 0 Å². The van der Waals surface area contributed by atoms with Gasteiger partial charge in [-0.25, -0.2) is 4.98 Å². The van der Waals surface area contributed by atoms with Crippen molar-refractivity contribution in [1.82, 2.24) is 4.98 Å². The number of nitrogens with zero attached hydrogens (tertiary/aromatic N) is 1. The summed E-state index contributed by atoms with van der Waals surface area (Å²) < 4.78 is 0. The second-order valence-electron chi connectivity index (χ2n) is 4.95. The molecule has 0 aliphatic rings. The van der Waals surface area contributed by atoms with Crippen molar-refractivity contribution in [2.24, 2.45) is 5.73 Å². The zero-order valence-electron chi connectivity index (χ0n) is 12.3. The number of thiazole rings is 1. The highest BCUT2D eigenvalue weighted by Gasteiger charge is 2.14. The van der Waals surface area contributed by atoms with Gasteiger partial charge in [-0.05, 0) is 31.9 Å². The number of aryl methyl sites for hydroxylation is 1. The molecule has 0 amide bonds. The van der Waals surface area contributed by atoms with Gasteiger partial charge in [0.25, 0.3) is 0 Å². The van der Waals surface area contributed by atoms with Crippen LogP contribution in [0, 0.1) is 6.92 Å². The zero-order chi connectivity index (χ0) is 15.1. The molecular weight excluding hydrogens is 282 g/mol. The van der Waals surface area contributed by atoms with Crippen molar-refractivity contribution in [3.05, 3.63) is 46.5 Å². The van der Waals surface area contributed by atoms with Crippen molar-refractivity contribution in [2.75, 3.05) is 18.4 Å². The monoisotopic (exact) mass is 303 g/mol. The largest absolute Gasteiger partial charge is 0.362 e. The second kappa shape index (κ2) is 7.90. The summed E-state index contributed by atoms with van der Waals surface area (Å²) in [6.07, 6.45) is 4.89. The fourth-order valence-electron chi connectivity index (χ4n) is 2.06. The lowest BCUT2D eigenvalue weighted by atomic mass is 10.0. The fraction of sp³-hybridized carbons (Fsp3) is 0.375. The average Bonchev–Trinajstić information content (AvgIpc) is 2.96. The molecule has 1 aromatic heterocycles. The van der Waals surface area contributed by atoms with Crippen LogP contribution in [0.4, 0.5) is 5.13 Å².